The quantitative estimate of drug-likeness (QED) is 0.800. The lowest BCUT2D eigenvalue weighted by atomic mass is 10.2. The molecule has 0 radical (unpaired) electrons. The van der Waals surface area contributed by atoms with Gasteiger partial charge in [0, 0.05) is 32.0 Å². The van der Waals surface area contributed by atoms with Crippen molar-refractivity contribution in [1.29, 1.82) is 0 Å². The van der Waals surface area contributed by atoms with Crippen molar-refractivity contribution < 1.29 is 4.79 Å². The summed E-state index contributed by atoms with van der Waals surface area (Å²) in [5.74, 6) is 0.230. The van der Waals surface area contributed by atoms with Crippen molar-refractivity contribution in [1.82, 2.24) is 15.2 Å². The van der Waals surface area contributed by atoms with Crippen LogP contribution < -0.4 is 5.32 Å². The minimum atomic E-state index is -0.0898. The fourth-order valence-electron chi connectivity index (χ4n) is 2.04. The molecule has 1 fully saturated rings. The number of H-pyrrole nitrogens is 1. The number of carbonyl (C=O) groups is 1. The highest BCUT2D eigenvalue weighted by Crippen LogP contribution is 2.09. The molecule has 1 aromatic heterocycles. The van der Waals surface area contributed by atoms with E-state index in [1.54, 1.807) is 0 Å². The summed E-state index contributed by atoms with van der Waals surface area (Å²) < 4.78 is 0. The first-order valence-electron chi connectivity index (χ1n) is 5.91. The number of carbonyl (C=O) groups excluding carboxylic acids is 1. The largest absolute Gasteiger partial charge is 0.367 e. The van der Waals surface area contributed by atoms with Gasteiger partial charge in [0.2, 0.25) is 5.91 Å². The Balaban J connectivity index is 1.78. The molecule has 1 aliphatic heterocycles. The maximum atomic E-state index is 12.0. The van der Waals surface area contributed by atoms with Gasteiger partial charge in [-0.1, -0.05) is 0 Å². The van der Waals surface area contributed by atoms with Crippen molar-refractivity contribution in [3.63, 3.8) is 0 Å². The lowest BCUT2D eigenvalue weighted by Crippen LogP contribution is -2.43. The van der Waals surface area contributed by atoms with Gasteiger partial charge in [-0.05, 0) is 31.4 Å². The number of likely N-dealkylation sites (tertiary alicyclic amines) is 1. The monoisotopic (exact) mass is 221 g/mol. The molecule has 0 bridgehead atoms. The van der Waals surface area contributed by atoms with Crippen molar-refractivity contribution in [2.75, 3.05) is 13.1 Å². The molecule has 1 unspecified atom stereocenters. The van der Waals surface area contributed by atoms with Crippen LogP contribution >= 0.6 is 0 Å². The van der Waals surface area contributed by atoms with E-state index in [0.29, 0.717) is 0 Å². The first-order chi connectivity index (χ1) is 7.77. The van der Waals surface area contributed by atoms with Crippen molar-refractivity contribution in [2.24, 2.45) is 0 Å². The van der Waals surface area contributed by atoms with Gasteiger partial charge in [0.15, 0.2) is 0 Å². The van der Waals surface area contributed by atoms with Gasteiger partial charge in [-0.3, -0.25) is 4.79 Å². The molecule has 2 rings (SSSR count). The Labute approximate surface area is 96.0 Å². The van der Waals surface area contributed by atoms with Crippen LogP contribution in [0.1, 0.15) is 25.3 Å². The van der Waals surface area contributed by atoms with Gasteiger partial charge < -0.3 is 15.2 Å². The standard InChI is InChI=1S/C12H19N3O/c1-10(12(16)15-6-2-3-7-15)14-9-11-4-5-13-8-11/h4-5,8,10,13-14H,2-3,6-7,9H2,1H3. The van der Waals surface area contributed by atoms with E-state index in [4.69, 9.17) is 0 Å². The van der Waals surface area contributed by atoms with Crippen LogP contribution in [0.4, 0.5) is 0 Å². The number of hydrogen-bond acceptors (Lipinski definition) is 2. The van der Waals surface area contributed by atoms with Crippen LogP contribution in [0.15, 0.2) is 18.5 Å². The highest BCUT2D eigenvalue weighted by molar-refractivity contribution is 5.81. The maximum absolute atomic E-state index is 12.0. The minimum Gasteiger partial charge on any atom is -0.367 e. The predicted octanol–water partition coefficient (Wildman–Crippen LogP) is 1.12. The molecule has 0 aliphatic carbocycles. The van der Waals surface area contributed by atoms with Crippen LogP contribution in [0.25, 0.3) is 0 Å². The Kier molecular flexibility index (Phi) is 3.62. The van der Waals surface area contributed by atoms with Gasteiger partial charge in [-0.2, -0.15) is 0 Å². The molecule has 1 atom stereocenters. The molecule has 4 heteroatoms. The highest BCUT2D eigenvalue weighted by atomic mass is 16.2. The second-order valence-corrected chi connectivity index (χ2v) is 4.35. The van der Waals surface area contributed by atoms with E-state index < -0.39 is 0 Å². The van der Waals surface area contributed by atoms with E-state index in [0.717, 1.165) is 32.5 Å². The Bertz CT molecular complexity index is 328. The molecule has 4 nitrogen and oxygen atoms in total. The average molecular weight is 221 g/mol. The molecule has 88 valence electrons. The Hall–Kier alpha value is -1.29. The zero-order valence-corrected chi connectivity index (χ0v) is 9.70. The smallest absolute Gasteiger partial charge is 0.239 e. The van der Waals surface area contributed by atoms with E-state index in [2.05, 4.69) is 10.3 Å². The highest BCUT2D eigenvalue weighted by Gasteiger charge is 2.22. The Morgan fingerprint density at radius 2 is 2.31 bits per heavy atom. The number of hydrogen-bond donors (Lipinski definition) is 2. The van der Waals surface area contributed by atoms with E-state index in [-0.39, 0.29) is 11.9 Å². The summed E-state index contributed by atoms with van der Waals surface area (Å²) in [6.45, 7) is 4.53. The number of nitrogens with one attached hydrogen (secondary N) is 2. The maximum Gasteiger partial charge on any atom is 0.239 e. The summed E-state index contributed by atoms with van der Waals surface area (Å²) in [6, 6.07) is 1.92. The van der Waals surface area contributed by atoms with Crippen LogP contribution in [0.5, 0.6) is 0 Å². The summed E-state index contributed by atoms with van der Waals surface area (Å²) in [5.41, 5.74) is 1.18. The average Bonchev–Trinajstić information content (AvgIpc) is 2.96. The molecule has 16 heavy (non-hydrogen) atoms. The van der Waals surface area contributed by atoms with Crippen molar-refractivity contribution in [3.05, 3.63) is 24.0 Å². The second kappa shape index (κ2) is 5.16. The minimum absolute atomic E-state index is 0.0898. The normalized spacial score (nSPS) is 17.7. The zero-order chi connectivity index (χ0) is 11.4. The zero-order valence-electron chi connectivity index (χ0n) is 9.70. The topological polar surface area (TPSA) is 48.1 Å². The molecule has 0 saturated carbocycles. The van der Waals surface area contributed by atoms with Crippen molar-refractivity contribution >= 4 is 5.91 Å². The van der Waals surface area contributed by atoms with Crippen LogP contribution in [-0.2, 0) is 11.3 Å². The van der Waals surface area contributed by atoms with Gasteiger partial charge in [0.25, 0.3) is 0 Å². The SMILES string of the molecule is CC(NCc1cc[nH]c1)C(=O)N1CCCC1. The fraction of sp³-hybridized carbons (Fsp3) is 0.583. The van der Waals surface area contributed by atoms with Crippen LogP contribution in [0, 0.1) is 0 Å². The molecule has 2 N–H and O–H groups in total. The van der Waals surface area contributed by atoms with E-state index in [1.807, 2.05) is 30.3 Å². The third kappa shape index (κ3) is 2.64. The van der Waals surface area contributed by atoms with E-state index >= 15 is 0 Å². The molecule has 0 aromatic carbocycles. The van der Waals surface area contributed by atoms with Crippen molar-refractivity contribution in [2.45, 2.75) is 32.4 Å². The lowest BCUT2D eigenvalue weighted by molar-refractivity contribution is -0.131. The van der Waals surface area contributed by atoms with Gasteiger partial charge in [-0.15, -0.1) is 0 Å². The molecule has 1 aliphatic rings. The van der Waals surface area contributed by atoms with Gasteiger partial charge in [0.1, 0.15) is 0 Å². The lowest BCUT2D eigenvalue weighted by Gasteiger charge is -2.20. The van der Waals surface area contributed by atoms with Crippen LogP contribution in [-0.4, -0.2) is 34.9 Å². The third-order valence-corrected chi connectivity index (χ3v) is 3.06. The predicted molar refractivity (Wildman–Crippen MR) is 62.9 cm³/mol. The summed E-state index contributed by atoms with van der Waals surface area (Å²) in [5, 5.41) is 3.25. The number of aromatic amines is 1. The van der Waals surface area contributed by atoms with E-state index in [1.165, 1.54) is 5.56 Å². The summed E-state index contributed by atoms with van der Waals surface area (Å²) in [4.78, 5) is 16.9. The van der Waals surface area contributed by atoms with E-state index in [9.17, 15) is 4.79 Å². The Morgan fingerprint density at radius 3 is 2.94 bits per heavy atom. The fourth-order valence-corrected chi connectivity index (χ4v) is 2.04. The molecule has 1 aromatic rings. The molecule has 1 saturated heterocycles. The van der Waals surface area contributed by atoms with Gasteiger partial charge >= 0.3 is 0 Å². The number of rotatable bonds is 4. The summed E-state index contributed by atoms with van der Waals surface area (Å²) >= 11 is 0. The van der Waals surface area contributed by atoms with Crippen LogP contribution in [0.2, 0.25) is 0 Å². The number of nitrogens with zero attached hydrogens (tertiary/aromatic N) is 1. The first kappa shape index (κ1) is 11.2. The first-order valence-corrected chi connectivity index (χ1v) is 5.91. The number of amides is 1. The molecular formula is C12H19N3O. The molecule has 1 amide bonds. The summed E-state index contributed by atoms with van der Waals surface area (Å²) in [7, 11) is 0. The second-order valence-electron chi connectivity index (χ2n) is 4.35. The van der Waals surface area contributed by atoms with Crippen molar-refractivity contribution in [3.8, 4) is 0 Å². The molecule has 0 spiro atoms. The van der Waals surface area contributed by atoms with Gasteiger partial charge in [0.05, 0.1) is 6.04 Å². The molecular weight excluding hydrogens is 202 g/mol. The van der Waals surface area contributed by atoms with Crippen LogP contribution in [0.3, 0.4) is 0 Å². The number of aromatic nitrogens is 1. The van der Waals surface area contributed by atoms with Gasteiger partial charge in [-0.25, -0.2) is 0 Å². The third-order valence-electron chi connectivity index (χ3n) is 3.06. The molecule has 2 heterocycles. The summed E-state index contributed by atoms with van der Waals surface area (Å²) in [6.07, 6.45) is 6.14. The Morgan fingerprint density at radius 1 is 1.56 bits per heavy atom.